The maximum absolute atomic E-state index is 6.56. The Morgan fingerprint density at radius 2 is 0.758 bits per heavy atom. The number of hydrogen-bond acceptors (Lipinski definition) is 2. The summed E-state index contributed by atoms with van der Waals surface area (Å²) in [7, 11) is 0. The highest BCUT2D eigenvalue weighted by Crippen LogP contribution is 2.47. The van der Waals surface area contributed by atoms with E-state index in [4.69, 9.17) is 4.42 Å². The molecule has 0 saturated carbocycles. The van der Waals surface area contributed by atoms with Gasteiger partial charge >= 0.3 is 0 Å². The maximum Gasteiger partial charge on any atom is 0.143 e. The van der Waals surface area contributed by atoms with Crippen molar-refractivity contribution in [2.75, 3.05) is 4.90 Å². The summed E-state index contributed by atoms with van der Waals surface area (Å²) in [6, 6.07) is 89.1. The second-order valence-electron chi connectivity index (χ2n) is 15.6. The second kappa shape index (κ2) is 16.1. The first-order valence-corrected chi connectivity index (χ1v) is 21.2. The van der Waals surface area contributed by atoms with Crippen LogP contribution in [0.3, 0.4) is 0 Å². The van der Waals surface area contributed by atoms with E-state index >= 15 is 0 Å². The zero-order chi connectivity index (χ0) is 41.2. The zero-order valence-electron chi connectivity index (χ0n) is 34.0. The standard InChI is InChI=1S/C60H41NO/c1-4-18-42(19-5-1)44-34-37-48(38-35-44)61(49-25-16-24-47(40-49)50-30-17-31-56-55-29-13-15-33-59(55)62-60(50)56)58-32-14-12-28-54(58)52-27-11-10-26-51(52)53-39-36-46(43-20-6-2-7-21-43)41-57(53)45-22-8-3-9-23-45/h1-41H. The third-order valence-corrected chi connectivity index (χ3v) is 11.9. The summed E-state index contributed by atoms with van der Waals surface area (Å²) in [5.41, 5.74) is 18.9. The minimum Gasteiger partial charge on any atom is -0.455 e. The van der Waals surface area contributed by atoms with Gasteiger partial charge in [0.15, 0.2) is 0 Å². The van der Waals surface area contributed by atoms with Crippen molar-refractivity contribution in [3.63, 3.8) is 0 Å². The molecule has 1 aromatic heterocycles. The van der Waals surface area contributed by atoms with E-state index in [1.165, 1.54) is 44.5 Å². The molecule has 2 nitrogen and oxygen atoms in total. The molecule has 0 bridgehead atoms. The van der Waals surface area contributed by atoms with Crippen LogP contribution in [-0.2, 0) is 0 Å². The molecule has 0 aliphatic heterocycles. The summed E-state index contributed by atoms with van der Waals surface area (Å²) in [4.78, 5) is 2.40. The highest BCUT2D eigenvalue weighted by atomic mass is 16.3. The quantitative estimate of drug-likeness (QED) is 0.145. The molecule has 10 aromatic carbocycles. The van der Waals surface area contributed by atoms with Crippen LogP contribution in [-0.4, -0.2) is 0 Å². The molecule has 62 heavy (non-hydrogen) atoms. The molecule has 2 heteroatoms. The van der Waals surface area contributed by atoms with Crippen molar-refractivity contribution in [3.05, 3.63) is 249 Å². The van der Waals surface area contributed by atoms with Gasteiger partial charge in [-0.25, -0.2) is 0 Å². The number of benzene rings is 10. The molecule has 11 rings (SSSR count). The molecular formula is C60H41NO. The average Bonchev–Trinajstić information content (AvgIpc) is 3.74. The van der Waals surface area contributed by atoms with E-state index in [9.17, 15) is 0 Å². The van der Waals surface area contributed by atoms with Crippen molar-refractivity contribution in [1.29, 1.82) is 0 Å². The van der Waals surface area contributed by atoms with Crippen LogP contribution in [0.15, 0.2) is 253 Å². The van der Waals surface area contributed by atoms with Gasteiger partial charge < -0.3 is 9.32 Å². The van der Waals surface area contributed by atoms with E-state index < -0.39 is 0 Å². The number of anilines is 3. The lowest BCUT2D eigenvalue weighted by Crippen LogP contribution is -2.11. The van der Waals surface area contributed by atoms with Crippen LogP contribution in [0.4, 0.5) is 17.1 Å². The lowest BCUT2D eigenvalue weighted by molar-refractivity contribution is 0.670. The molecule has 0 spiro atoms. The lowest BCUT2D eigenvalue weighted by atomic mass is 9.87. The van der Waals surface area contributed by atoms with Crippen LogP contribution in [0, 0.1) is 0 Å². The number of para-hydroxylation sites is 3. The molecule has 0 amide bonds. The number of furan rings is 1. The molecule has 292 valence electrons. The van der Waals surface area contributed by atoms with Crippen LogP contribution in [0.2, 0.25) is 0 Å². The summed E-state index contributed by atoms with van der Waals surface area (Å²) in [6.07, 6.45) is 0. The first-order valence-electron chi connectivity index (χ1n) is 21.2. The van der Waals surface area contributed by atoms with Gasteiger partial charge in [-0.1, -0.05) is 206 Å². The molecule has 0 unspecified atom stereocenters. The van der Waals surface area contributed by atoms with E-state index in [0.717, 1.165) is 61.3 Å². The average molecular weight is 792 g/mol. The van der Waals surface area contributed by atoms with Crippen LogP contribution in [0.5, 0.6) is 0 Å². The fraction of sp³-hybridized carbons (Fsp3) is 0. The largest absolute Gasteiger partial charge is 0.455 e. The summed E-state index contributed by atoms with van der Waals surface area (Å²) in [5, 5.41) is 2.24. The SMILES string of the molecule is c1ccc(-c2ccc(N(c3cccc(-c4cccc5c4oc4ccccc45)c3)c3ccccc3-c3ccccc3-c3ccc(-c4ccccc4)cc3-c3ccccc3)cc2)cc1. The topological polar surface area (TPSA) is 16.4 Å². The van der Waals surface area contributed by atoms with Gasteiger partial charge in [0.25, 0.3) is 0 Å². The Morgan fingerprint density at radius 3 is 1.50 bits per heavy atom. The van der Waals surface area contributed by atoms with Gasteiger partial charge in [-0.05, 0) is 98.1 Å². The van der Waals surface area contributed by atoms with Crippen LogP contribution in [0.25, 0.3) is 88.7 Å². The molecule has 0 aliphatic rings. The normalized spacial score (nSPS) is 11.2. The first-order chi connectivity index (χ1) is 30.8. The molecule has 1 heterocycles. The van der Waals surface area contributed by atoms with Gasteiger partial charge in [0.05, 0.1) is 5.69 Å². The minimum atomic E-state index is 0.893. The van der Waals surface area contributed by atoms with E-state index in [1.54, 1.807) is 0 Å². The molecular weight excluding hydrogens is 751 g/mol. The Balaban J connectivity index is 1.09. The van der Waals surface area contributed by atoms with Gasteiger partial charge in [0.2, 0.25) is 0 Å². The fourth-order valence-electron chi connectivity index (χ4n) is 8.94. The predicted molar refractivity (Wildman–Crippen MR) is 261 cm³/mol. The summed E-state index contributed by atoms with van der Waals surface area (Å²) < 4.78 is 6.56. The number of nitrogens with zero attached hydrogens (tertiary/aromatic N) is 1. The Bertz CT molecular complexity index is 3330. The first kappa shape index (κ1) is 36.8. The van der Waals surface area contributed by atoms with Crippen molar-refractivity contribution >= 4 is 39.0 Å². The summed E-state index contributed by atoms with van der Waals surface area (Å²) in [6.45, 7) is 0. The third kappa shape index (κ3) is 6.84. The van der Waals surface area contributed by atoms with Crippen LogP contribution < -0.4 is 4.90 Å². The van der Waals surface area contributed by atoms with Gasteiger partial charge in [-0.2, -0.15) is 0 Å². The van der Waals surface area contributed by atoms with E-state index in [0.29, 0.717) is 0 Å². The third-order valence-electron chi connectivity index (χ3n) is 11.9. The highest BCUT2D eigenvalue weighted by Gasteiger charge is 2.22. The molecule has 11 aromatic rings. The lowest BCUT2D eigenvalue weighted by Gasteiger charge is -2.29. The predicted octanol–water partition coefficient (Wildman–Crippen LogP) is 17.1. The second-order valence-corrected chi connectivity index (χ2v) is 15.6. The van der Waals surface area contributed by atoms with Crippen LogP contribution >= 0.6 is 0 Å². The molecule has 0 radical (unpaired) electrons. The smallest absolute Gasteiger partial charge is 0.143 e. The van der Waals surface area contributed by atoms with Crippen molar-refractivity contribution in [3.8, 4) is 66.8 Å². The van der Waals surface area contributed by atoms with Crippen LogP contribution in [0.1, 0.15) is 0 Å². The maximum atomic E-state index is 6.56. The molecule has 0 atom stereocenters. The summed E-state index contributed by atoms with van der Waals surface area (Å²) in [5.74, 6) is 0. The van der Waals surface area contributed by atoms with Crippen molar-refractivity contribution < 1.29 is 4.42 Å². The highest BCUT2D eigenvalue weighted by molar-refractivity contribution is 6.10. The zero-order valence-corrected chi connectivity index (χ0v) is 34.0. The Labute approximate surface area is 362 Å². The fourth-order valence-corrected chi connectivity index (χ4v) is 8.94. The van der Waals surface area contributed by atoms with Gasteiger partial charge in [-0.3, -0.25) is 0 Å². The van der Waals surface area contributed by atoms with Gasteiger partial charge in [-0.15, -0.1) is 0 Å². The van der Waals surface area contributed by atoms with Crippen molar-refractivity contribution in [2.24, 2.45) is 0 Å². The van der Waals surface area contributed by atoms with Gasteiger partial charge in [0.1, 0.15) is 11.2 Å². The number of fused-ring (bicyclic) bond motifs is 3. The Kier molecular flexibility index (Phi) is 9.57. The molecule has 0 fully saturated rings. The van der Waals surface area contributed by atoms with E-state index in [-0.39, 0.29) is 0 Å². The minimum absolute atomic E-state index is 0.893. The number of rotatable bonds is 9. The molecule has 0 aliphatic carbocycles. The Morgan fingerprint density at radius 1 is 0.258 bits per heavy atom. The van der Waals surface area contributed by atoms with Crippen molar-refractivity contribution in [1.82, 2.24) is 0 Å². The molecule has 0 N–H and O–H groups in total. The number of hydrogen-bond donors (Lipinski definition) is 0. The van der Waals surface area contributed by atoms with Crippen molar-refractivity contribution in [2.45, 2.75) is 0 Å². The molecule has 0 saturated heterocycles. The van der Waals surface area contributed by atoms with E-state index in [1.807, 2.05) is 12.1 Å². The van der Waals surface area contributed by atoms with E-state index in [2.05, 4.69) is 241 Å². The Hall–Kier alpha value is -8.20. The monoisotopic (exact) mass is 791 g/mol. The van der Waals surface area contributed by atoms with Gasteiger partial charge in [0, 0.05) is 33.3 Å². The summed E-state index contributed by atoms with van der Waals surface area (Å²) >= 11 is 0.